The molecule has 1 aromatic rings. The molecule has 3 rings (SSSR count). The molecule has 5 atom stereocenters. The first-order valence-electron chi connectivity index (χ1n) is 9.81. The number of fused-ring (bicyclic) bond motifs is 1. The molecule has 140 valence electrons. The van der Waals surface area contributed by atoms with E-state index in [2.05, 4.69) is 6.92 Å². The van der Waals surface area contributed by atoms with Crippen molar-refractivity contribution in [3.8, 4) is 5.75 Å². The average molecular weight is 354 g/mol. The lowest BCUT2D eigenvalue weighted by molar-refractivity contribution is 0.204. The molecule has 4 heteroatoms. The quantitative estimate of drug-likeness (QED) is 0.593. The molecule has 2 aliphatic rings. The van der Waals surface area contributed by atoms with Gasteiger partial charge in [-0.05, 0) is 55.6 Å². The Morgan fingerprint density at radius 1 is 1.04 bits per heavy atom. The fourth-order valence-corrected chi connectivity index (χ4v) is 5.03. The van der Waals surface area contributed by atoms with Gasteiger partial charge in [-0.25, -0.2) is 8.78 Å². The highest BCUT2D eigenvalue weighted by atomic mass is 19.2. The molecule has 0 amide bonds. The summed E-state index contributed by atoms with van der Waals surface area (Å²) in [7, 11) is 0. The number of benzene rings is 1. The molecule has 0 aromatic heterocycles. The van der Waals surface area contributed by atoms with Crippen LogP contribution in [0.15, 0.2) is 12.1 Å². The van der Waals surface area contributed by atoms with Gasteiger partial charge in [-0.2, -0.15) is 4.39 Å². The highest BCUT2D eigenvalue weighted by molar-refractivity contribution is 5.34. The van der Waals surface area contributed by atoms with Gasteiger partial charge in [0.1, 0.15) is 6.17 Å². The minimum absolute atomic E-state index is 0.000820. The van der Waals surface area contributed by atoms with Gasteiger partial charge < -0.3 is 4.74 Å². The third-order valence-electron chi connectivity index (χ3n) is 6.28. The Hall–Kier alpha value is -1.19. The first kappa shape index (κ1) is 18.6. The molecule has 1 aromatic carbocycles. The van der Waals surface area contributed by atoms with Crippen LogP contribution >= 0.6 is 0 Å². The molecule has 2 fully saturated rings. The van der Waals surface area contributed by atoms with Crippen molar-refractivity contribution in [1.29, 1.82) is 0 Å². The van der Waals surface area contributed by atoms with Gasteiger partial charge >= 0.3 is 0 Å². The van der Waals surface area contributed by atoms with E-state index in [9.17, 15) is 8.78 Å². The topological polar surface area (TPSA) is 9.23 Å². The Kier molecular flexibility index (Phi) is 5.96. The van der Waals surface area contributed by atoms with Gasteiger partial charge in [-0.1, -0.05) is 38.7 Å². The van der Waals surface area contributed by atoms with E-state index in [1.807, 2.05) is 0 Å². The van der Waals surface area contributed by atoms with Crippen LogP contribution in [0.4, 0.5) is 13.2 Å². The van der Waals surface area contributed by atoms with Crippen molar-refractivity contribution in [2.24, 2.45) is 17.8 Å². The van der Waals surface area contributed by atoms with Crippen molar-refractivity contribution in [3.05, 3.63) is 29.3 Å². The Balaban J connectivity index is 1.77. The minimum Gasteiger partial charge on any atom is -0.491 e. The Labute approximate surface area is 149 Å². The predicted octanol–water partition coefficient (Wildman–Crippen LogP) is 6.41. The van der Waals surface area contributed by atoms with Crippen LogP contribution in [0, 0.1) is 29.4 Å². The zero-order valence-electron chi connectivity index (χ0n) is 15.2. The number of hydrogen-bond donors (Lipinski definition) is 0. The number of halogens is 3. The predicted molar refractivity (Wildman–Crippen MR) is 93.6 cm³/mol. The van der Waals surface area contributed by atoms with E-state index < -0.39 is 23.7 Å². The summed E-state index contributed by atoms with van der Waals surface area (Å²) in [6, 6.07) is 2.96. The van der Waals surface area contributed by atoms with Crippen LogP contribution in [0.25, 0.3) is 0 Å². The first-order valence-corrected chi connectivity index (χ1v) is 9.81. The fourth-order valence-electron chi connectivity index (χ4n) is 5.03. The number of alkyl halides is 1. The van der Waals surface area contributed by atoms with Gasteiger partial charge in [0.15, 0.2) is 11.6 Å². The maximum absolute atomic E-state index is 15.1. The molecular formula is C21H29F3O. The van der Waals surface area contributed by atoms with E-state index in [1.165, 1.54) is 25.0 Å². The lowest BCUT2D eigenvalue weighted by atomic mass is 9.89. The van der Waals surface area contributed by atoms with Gasteiger partial charge in [0.25, 0.3) is 0 Å². The summed E-state index contributed by atoms with van der Waals surface area (Å²) in [5, 5.41) is 0. The summed E-state index contributed by atoms with van der Waals surface area (Å²) >= 11 is 0. The second-order valence-corrected chi connectivity index (χ2v) is 7.73. The molecular weight excluding hydrogens is 325 g/mol. The van der Waals surface area contributed by atoms with Crippen molar-refractivity contribution in [2.45, 2.75) is 70.9 Å². The molecule has 0 bridgehead atoms. The maximum Gasteiger partial charge on any atom is 0.200 e. The second-order valence-electron chi connectivity index (χ2n) is 7.73. The number of ether oxygens (including phenoxy) is 1. The van der Waals surface area contributed by atoms with Crippen molar-refractivity contribution in [1.82, 2.24) is 0 Å². The third kappa shape index (κ3) is 3.68. The Morgan fingerprint density at radius 3 is 2.52 bits per heavy atom. The largest absolute Gasteiger partial charge is 0.491 e. The van der Waals surface area contributed by atoms with Gasteiger partial charge in [0.05, 0.1) is 6.61 Å². The number of hydrogen-bond acceptors (Lipinski definition) is 1. The monoisotopic (exact) mass is 354 g/mol. The first-order chi connectivity index (χ1) is 12.1. The summed E-state index contributed by atoms with van der Waals surface area (Å²) in [6.07, 6.45) is 6.08. The average Bonchev–Trinajstić information content (AvgIpc) is 2.77. The fraction of sp³-hybridized carbons (Fsp3) is 0.714. The standard InChI is InChI=1S/C21H29F3O/c1-3-5-13-6-8-14-12-17(19(22)15(14)9-7-13)16-10-11-18(25-4-2)21(24)20(16)23/h10-11,13-15,17,19H,3-9,12H2,1-2H3. The van der Waals surface area contributed by atoms with E-state index in [1.54, 1.807) is 6.92 Å². The van der Waals surface area contributed by atoms with Crippen molar-refractivity contribution in [3.63, 3.8) is 0 Å². The van der Waals surface area contributed by atoms with Crippen LogP contribution in [0.1, 0.15) is 70.3 Å². The second kappa shape index (κ2) is 8.01. The molecule has 2 aliphatic carbocycles. The van der Waals surface area contributed by atoms with E-state index in [4.69, 9.17) is 4.74 Å². The lowest BCUT2D eigenvalue weighted by Crippen LogP contribution is -2.18. The summed E-state index contributed by atoms with van der Waals surface area (Å²) in [6.45, 7) is 4.19. The lowest BCUT2D eigenvalue weighted by Gasteiger charge is -2.20. The van der Waals surface area contributed by atoms with Gasteiger partial charge in [-0.15, -0.1) is 0 Å². The van der Waals surface area contributed by atoms with Crippen molar-refractivity contribution in [2.75, 3.05) is 6.61 Å². The molecule has 1 nitrogen and oxygen atoms in total. The van der Waals surface area contributed by atoms with Crippen LogP contribution in [0.3, 0.4) is 0 Å². The SMILES string of the molecule is CCCC1CCC2CC(c3ccc(OCC)c(F)c3F)C(F)C2CC1. The summed E-state index contributed by atoms with van der Waals surface area (Å²) in [5.41, 5.74) is 0.187. The highest BCUT2D eigenvalue weighted by Crippen LogP contribution is 2.51. The maximum atomic E-state index is 15.1. The van der Waals surface area contributed by atoms with Crippen molar-refractivity contribution < 1.29 is 17.9 Å². The van der Waals surface area contributed by atoms with Crippen LogP contribution in [0.2, 0.25) is 0 Å². The molecule has 0 radical (unpaired) electrons. The zero-order chi connectivity index (χ0) is 18.0. The summed E-state index contributed by atoms with van der Waals surface area (Å²) < 4.78 is 48.9. The molecule has 2 saturated carbocycles. The Bertz CT molecular complexity index is 589. The number of rotatable bonds is 5. The van der Waals surface area contributed by atoms with Crippen LogP contribution in [-0.2, 0) is 0 Å². The van der Waals surface area contributed by atoms with Gasteiger partial charge in [0.2, 0.25) is 5.82 Å². The summed E-state index contributed by atoms with van der Waals surface area (Å²) in [4.78, 5) is 0. The third-order valence-corrected chi connectivity index (χ3v) is 6.28. The highest BCUT2D eigenvalue weighted by Gasteiger charge is 2.46. The molecule has 0 aliphatic heterocycles. The van der Waals surface area contributed by atoms with Gasteiger partial charge in [-0.3, -0.25) is 0 Å². The molecule has 0 saturated heterocycles. The Morgan fingerprint density at radius 2 is 1.80 bits per heavy atom. The van der Waals surface area contributed by atoms with Gasteiger partial charge in [0, 0.05) is 5.92 Å². The van der Waals surface area contributed by atoms with Crippen molar-refractivity contribution >= 4 is 0 Å². The van der Waals surface area contributed by atoms with Crippen LogP contribution in [-0.4, -0.2) is 12.8 Å². The molecule has 0 N–H and O–H groups in total. The molecule has 0 heterocycles. The van der Waals surface area contributed by atoms with Crippen LogP contribution < -0.4 is 4.74 Å². The summed E-state index contributed by atoms with van der Waals surface area (Å²) in [5.74, 6) is -1.52. The van der Waals surface area contributed by atoms with E-state index in [-0.39, 0.29) is 23.8 Å². The zero-order valence-corrected chi connectivity index (χ0v) is 15.2. The molecule has 0 spiro atoms. The van der Waals surface area contributed by atoms with E-state index >= 15 is 4.39 Å². The smallest absolute Gasteiger partial charge is 0.200 e. The molecule has 5 unspecified atom stereocenters. The van der Waals surface area contributed by atoms with Crippen LogP contribution in [0.5, 0.6) is 5.75 Å². The van der Waals surface area contributed by atoms with E-state index in [0.717, 1.165) is 25.7 Å². The minimum atomic E-state index is -1.07. The molecule has 25 heavy (non-hydrogen) atoms. The van der Waals surface area contributed by atoms with E-state index in [0.29, 0.717) is 18.3 Å². The normalized spacial score (nSPS) is 32.3.